The van der Waals surface area contributed by atoms with Gasteiger partial charge >= 0.3 is 0 Å². The quantitative estimate of drug-likeness (QED) is 0.876. The molecular formula is C12H15BrClN. The van der Waals surface area contributed by atoms with Crippen LogP contribution in [0.1, 0.15) is 18.4 Å². The molecule has 1 N–H and O–H groups in total. The Kier molecular flexibility index (Phi) is 4.06. The zero-order valence-electron chi connectivity index (χ0n) is 8.60. The van der Waals surface area contributed by atoms with Crippen LogP contribution in [0.25, 0.3) is 0 Å². The van der Waals surface area contributed by atoms with Crippen molar-refractivity contribution >= 4 is 27.5 Å². The summed E-state index contributed by atoms with van der Waals surface area (Å²) in [6, 6.07) is 6.23. The molecule has 1 nitrogen and oxygen atoms in total. The van der Waals surface area contributed by atoms with Gasteiger partial charge in [0.05, 0.1) is 5.02 Å². The van der Waals surface area contributed by atoms with E-state index < -0.39 is 0 Å². The van der Waals surface area contributed by atoms with E-state index in [1.54, 1.807) is 0 Å². The highest BCUT2D eigenvalue weighted by Crippen LogP contribution is 2.25. The lowest BCUT2D eigenvalue weighted by molar-refractivity contribution is 0.376. The molecule has 1 aliphatic rings. The average molecular weight is 289 g/mol. The van der Waals surface area contributed by atoms with Crippen LogP contribution in [0, 0.1) is 5.92 Å². The maximum absolute atomic E-state index is 5.96. The molecule has 1 atom stereocenters. The van der Waals surface area contributed by atoms with Crippen molar-refractivity contribution in [3.8, 4) is 0 Å². The molecule has 3 heteroatoms. The van der Waals surface area contributed by atoms with Crippen molar-refractivity contribution in [3.63, 3.8) is 0 Å². The van der Waals surface area contributed by atoms with Crippen LogP contribution in [0.3, 0.4) is 0 Å². The number of halogens is 2. The largest absolute Gasteiger partial charge is 0.316 e. The first-order valence-electron chi connectivity index (χ1n) is 5.40. The molecular weight excluding hydrogens is 273 g/mol. The lowest BCUT2D eigenvalue weighted by Crippen LogP contribution is -2.30. The molecule has 2 rings (SSSR count). The van der Waals surface area contributed by atoms with Gasteiger partial charge in [0.15, 0.2) is 0 Å². The fourth-order valence-corrected chi connectivity index (χ4v) is 2.64. The number of hydrogen-bond acceptors (Lipinski definition) is 1. The van der Waals surface area contributed by atoms with E-state index >= 15 is 0 Å². The van der Waals surface area contributed by atoms with Gasteiger partial charge in [0.1, 0.15) is 0 Å². The monoisotopic (exact) mass is 287 g/mol. The Morgan fingerprint density at radius 1 is 1.47 bits per heavy atom. The van der Waals surface area contributed by atoms with E-state index in [2.05, 4.69) is 33.4 Å². The molecule has 1 aliphatic heterocycles. The third kappa shape index (κ3) is 3.20. The third-order valence-electron chi connectivity index (χ3n) is 2.91. The van der Waals surface area contributed by atoms with Crippen LogP contribution in [-0.2, 0) is 6.42 Å². The highest BCUT2D eigenvalue weighted by atomic mass is 79.9. The van der Waals surface area contributed by atoms with Gasteiger partial charge in [-0.1, -0.05) is 17.7 Å². The van der Waals surface area contributed by atoms with Crippen molar-refractivity contribution in [1.82, 2.24) is 5.32 Å². The minimum Gasteiger partial charge on any atom is -0.316 e. The molecule has 82 valence electrons. The number of piperidine rings is 1. The van der Waals surface area contributed by atoms with Gasteiger partial charge in [0.2, 0.25) is 0 Å². The van der Waals surface area contributed by atoms with Crippen molar-refractivity contribution in [2.45, 2.75) is 19.3 Å². The highest BCUT2D eigenvalue weighted by Gasteiger charge is 2.13. The van der Waals surface area contributed by atoms with Gasteiger partial charge in [0.25, 0.3) is 0 Å². The van der Waals surface area contributed by atoms with E-state index in [1.165, 1.54) is 24.9 Å². The van der Waals surface area contributed by atoms with E-state index in [1.807, 2.05) is 6.07 Å². The summed E-state index contributed by atoms with van der Waals surface area (Å²) < 4.78 is 1.01. The lowest BCUT2D eigenvalue weighted by atomic mass is 9.92. The van der Waals surface area contributed by atoms with Gasteiger partial charge in [-0.25, -0.2) is 0 Å². The third-order valence-corrected chi connectivity index (χ3v) is 4.12. The number of hydrogen-bond donors (Lipinski definition) is 1. The highest BCUT2D eigenvalue weighted by molar-refractivity contribution is 9.10. The van der Waals surface area contributed by atoms with E-state index in [9.17, 15) is 0 Å². The Hall–Kier alpha value is -0.0500. The molecule has 1 saturated heterocycles. The van der Waals surface area contributed by atoms with Gasteiger partial charge in [-0.3, -0.25) is 0 Å². The number of rotatable bonds is 2. The first-order chi connectivity index (χ1) is 7.25. The predicted molar refractivity (Wildman–Crippen MR) is 68.4 cm³/mol. The van der Waals surface area contributed by atoms with Crippen LogP contribution in [0.5, 0.6) is 0 Å². The molecule has 1 heterocycles. The SMILES string of the molecule is Clc1ccc(CC2CCCNC2)cc1Br. The molecule has 1 unspecified atom stereocenters. The molecule has 0 radical (unpaired) electrons. The molecule has 1 aromatic carbocycles. The minimum absolute atomic E-state index is 0.784. The van der Waals surface area contributed by atoms with Crippen molar-refractivity contribution in [1.29, 1.82) is 0 Å². The normalized spacial score (nSPS) is 21.6. The van der Waals surface area contributed by atoms with Crippen molar-refractivity contribution < 1.29 is 0 Å². The Morgan fingerprint density at radius 3 is 3.00 bits per heavy atom. The summed E-state index contributed by atoms with van der Waals surface area (Å²) >= 11 is 9.43. The molecule has 1 aromatic rings. The zero-order valence-corrected chi connectivity index (χ0v) is 10.9. The van der Waals surface area contributed by atoms with Crippen LogP contribution in [0.4, 0.5) is 0 Å². The maximum Gasteiger partial charge on any atom is 0.0548 e. The standard InChI is InChI=1S/C12H15BrClN/c13-11-7-9(3-4-12(11)14)6-10-2-1-5-15-8-10/h3-4,7,10,15H,1-2,5-6,8H2. The predicted octanol–water partition coefficient (Wildman–Crippen LogP) is 3.64. The Morgan fingerprint density at radius 2 is 2.33 bits per heavy atom. The van der Waals surface area contributed by atoms with Crippen molar-refractivity contribution in [2.24, 2.45) is 5.92 Å². The van der Waals surface area contributed by atoms with Crippen LogP contribution in [-0.4, -0.2) is 13.1 Å². The van der Waals surface area contributed by atoms with Gasteiger partial charge in [-0.2, -0.15) is 0 Å². The average Bonchev–Trinajstić information content (AvgIpc) is 2.25. The van der Waals surface area contributed by atoms with Gasteiger partial charge in [-0.15, -0.1) is 0 Å². The zero-order chi connectivity index (χ0) is 10.7. The summed E-state index contributed by atoms with van der Waals surface area (Å²) in [5.41, 5.74) is 1.37. The second-order valence-corrected chi connectivity index (χ2v) is 5.43. The molecule has 0 amide bonds. The molecule has 15 heavy (non-hydrogen) atoms. The molecule has 0 spiro atoms. The number of benzene rings is 1. The molecule has 0 bridgehead atoms. The summed E-state index contributed by atoms with van der Waals surface area (Å²) in [6.45, 7) is 2.33. The second-order valence-electron chi connectivity index (χ2n) is 4.16. The second kappa shape index (κ2) is 5.33. The van der Waals surface area contributed by atoms with Gasteiger partial charge < -0.3 is 5.32 Å². The fourth-order valence-electron chi connectivity index (χ4n) is 2.10. The van der Waals surface area contributed by atoms with E-state index in [4.69, 9.17) is 11.6 Å². The summed E-state index contributed by atoms with van der Waals surface area (Å²) in [5, 5.41) is 4.24. The Labute approximate surface area is 104 Å². The summed E-state index contributed by atoms with van der Waals surface area (Å²) in [5.74, 6) is 0.784. The summed E-state index contributed by atoms with van der Waals surface area (Å²) in [4.78, 5) is 0. The first kappa shape index (κ1) is 11.4. The van der Waals surface area contributed by atoms with E-state index in [-0.39, 0.29) is 0 Å². The van der Waals surface area contributed by atoms with Crippen LogP contribution < -0.4 is 5.32 Å². The van der Waals surface area contributed by atoms with Crippen molar-refractivity contribution in [3.05, 3.63) is 33.3 Å². The van der Waals surface area contributed by atoms with Crippen LogP contribution in [0.2, 0.25) is 5.02 Å². The molecule has 1 fully saturated rings. The van der Waals surface area contributed by atoms with E-state index in [0.717, 1.165) is 28.4 Å². The van der Waals surface area contributed by atoms with Crippen LogP contribution in [0.15, 0.2) is 22.7 Å². The first-order valence-corrected chi connectivity index (χ1v) is 6.57. The topological polar surface area (TPSA) is 12.0 Å². The fraction of sp³-hybridized carbons (Fsp3) is 0.500. The lowest BCUT2D eigenvalue weighted by Gasteiger charge is -2.22. The maximum atomic E-state index is 5.96. The molecule has 0 saturated carbocycles. The van der Waals surface area contributed by atoms with E-state index in [0.29, 0.717) is 0 Å². The smallest absolute Gasteiger partial charge is 0.0548 e. The van der Waals surface area contributed by atoms with Crippen molar-refractivity contribution in [2.75, 3.05) is 13.1 Å². The Bertz CT molecular complexity index is 334. The molecule has 0 aliphatic carbocycles. The minimum atomic E-state index is 0.784. The summed E-state index contributed by atoms with van der Waals surface area (Å²) in [7, 11) is 0. The number of nitrogens with one attached hydrogen (secondary N) is 1. The summed E-state index contributed by atoms with van der Waals surface area (Å²) in [6.07, 6.45) is 3.80. The van der Waals surface area contributed by atoms with Gasteiger partial charge in [-0.05, 0) is 71.9 Å². The van der Waals surface area contributed by atoms with Crippen LogP contribution >= 0.6 is 27.5 Å². The molecule has 0 aromatic heterocycles. The van der Waals surface area contributed by atoms with Gasteiger partial charge in [0, 0.05) is 4.47 Å². The Balaban J connectivity index is 2.00.